The molecule has 0 heterocycles. The third kappa shape index (κ3) is 3.36. The summed E-state index contributed by atoms with van der Waals surface area (Å²) in [6, 6.07) is 16.9. The zero-order valence-electron chi connectivity index (χ0n) is 24.5. The molecule has 8 aliphatic carbocycles. The van der Waals surface area contributed by atoms with Crippen molar-refractivity contribution in [3.05, 3.63) is 59.7 Å². The van der Waals surface area contributed by atoms with E-state index in [4.69, 9.17) is 0 Å². The molecule has 10 rings (SSSR count). The maximum Gasteiger partial charge on any atom is 0.335 e. The first-order valence-corrected chi connectivity index (χ1v) is 15.7. The van der Waals surface area contributed by atoms with Gasteiger partial charge in [0.2, 0.25) is 0 Å². The summed E-state index contributed by atoms with van der Waals surface area (Å²) in [5.74, 6) is 0.149. The molecule has 2 nitrogen and oxygen atoms in total. The number of aromatic carboxylic acids is 1. The first-order valence-electron chi connectivity index (χ1n) is 15.7. The molecule has 2 heteroatoms. The molecule has 4 atom stereocenters. The van der Waals surface area contributed by atoms with Crippen LogP contribution in [0.2, 0.25) is 0 Å². The van der Waals surface area contributed by atoms with Gasteiger partial charge in [0.1, 0.15) is 0 Å². The molecular weight excluding hydrogens is 476 g/mol. The van der Waals surface area contributed by atoms with Crippen molar-refractivity contribution >= 4 is 5.97 Å². The lowest BCUT2D eigenvalue weighted by Crippen LogP contribution is -2.69. The monoisotopic (exact) mass is 522 g/mol. The van der Waals surface area contributed by atoms with E-state index in [0.29, 0.717) is 38.1 Å². The van der Waals surface area contributed by atoms with Crippen molar-refractivity contribution in [1.29, 1.82) is 0 Å². The van der Waals surface area contributed by atoms with Crippen LogP contribution in [0.4, 0.5) is 0 Å². The van der Waals surface area contributed by atoms with Gasteiger partial charge < -0.3 is 5.11 Å². The highest BCUT2D eigenvalue weighted by molar-refractivity contribution is 5.91. The van der Waals surface area contributed by atoms with Crippen LogP contribution in [0.25, 0.3) is 11.1 Å². The van der Waals surface area contributed by atoms with E-state index in [2.05, 4.69) is 64.1 Å². The molecule has 39 heavy (non-hydrogen) atoms. The van der Waals surface area contributed by atoms with Crippen molar-refractivity contribution in [1.82, 2.24) is 0 Å². The van der Waals surface area contributed by atoms with Crippen LogP contribution in [0.1, 0.15) is 121 Å². The van der Waals surface area contributed by atoms with E-state index in [9.17, 15) is 9.90 Å². The van der Waals surface area contributed by atoms with Crippen molar-refractivity contribution < 1.29 is 9.90 Å². The number of hydrogen-bond acceptors (Lipinski definition) is 1. The fourth-order valence-electron chi connectivity index (χ4n) is 14.6. The van der Waals surface area contributed by atoms with Crippen LogP contribution in [0.5, 0.6) is 0 Å². The van der Waals surface area contributed by atoms with E-state index in [1.165, 1.54) is 75.3 Å². The van der Waals surface area contributed by atoms with E-state index in [0.717, 1.165) is 24.3 Å². The van der Waals surface area contributed by atoms with Gasteiger partial charge in [-0.25, -0.2) is 4.79 Å². The predicted octanol–water partition coefficient (Wildman–Crippen LogP) is 9.67. The van der Waals surface area contributed by atoms with Gasteiger partial charge in [-0.15, -0.1) is 0 Å². The van der Waals surface area contributed by atoms with Crippen LogP contribution in [-0.4, -0.2) is 11.1 Å². The van der Waals surface area contributed by atoms with Crippen molar-refractivity contribution in [2.24, 2.45) is 38.4 Å². The van der Waals surface area contributed by atoms with Gasteiger partial charge in [0, 0.05) is 0 Å². The maximum atomic E-state index is 12.8. The lowest BCUT2D eigenvalue weighted by atomic mass is 9.26. The van der Waals surface area contributed by atoms with Crippen molar-refractivity contribution in [2.45, 2.75) is 110 Å². The molecule has 2 aromatic carbocycles. The highest BCUT2D eigenvalue weighted by atomic mass is 16.4. The molecule has 8 saturated carbocycles. The van der Waals surface area contributed by atoms with Gasteiger partial charge in [0.15, 0.2) is 0 Å². The number of hydrogen-bond donors (Lipinski definition) is 1. The Morgan fingerprint density at radius 1 is 0.641 bits per heavy atom. The van der Waals surface area contributed by atoms with Crippen LogP contribution < -0.4 is 0 Å². The molecule has 1 N–H and O–H groups in total. The van der Waals surface area contributed by atoms with Gasteiger partial charge in [-0.1, -0.05) is 64.1 Å². The lowest BCUT2D eigenvalue weighted by molar-refractivity contribution is -0.270. The van der Waals surface area contributed by atoms with Crippen LogP contribution in [0, 0.1) is 38.4 Å². The minimum absolute atomic E-state index is 0.0398. The average molecular weight is 523 g/mol. The minimum atomic E-state index is -0.750. The van der Waals surface area contributed by atoms with Gasteiger partial charge in [0.05, 0.1) is 5.56 Å². The number of carbonyl (C=O) groups is 1. The van der Waals surface area contributed by atoms with Gasteiger partial charge in [0.25, 0.3) is 0 Å². The molecule has 4 unspecified atom stereocenters. The standard InChI is InChI=1S/C37H46O2/c1-31-13-25-14-32(2,16-31)21-36(15-25,20-31)37-22-33(3)17-34(4,23-37)19-35(18-33,24-37)29-12-27(10-11-28(29)30(38)39)26-8-6-5-7-9-26/h5-12,25H,13-24H2,1-4H3,(H,38,39). The molecule has 0 spiro atoms. The average Bonchev–Trinajstić information content (AvgIpc) is 2.79. The van der Waals surface area contributed by atoms with E-state index >= 15 is 0 Å². The van der Waals surface area contributed by atoms with Crippen molar-refractivity contribution in [3.8, 4) is 11.1 Å². The Kier molecular flexibility index (Phi) is 4.56. The Morgan fingerprint density at radius 3 is 1.82 bits per heavy atom. The normalized spacial score (nSPS) is 49.0. The largest absolute Gasteiger partial charge is 0.478 e. The lowest BCUT2D eigenvalue weighted by Gasteiger charge is -2.78. The minimum Gasteiger partial charge on any atom is -0.478 e. The fourth-order valence-corrected chi connectivity index (χ4v) is 14.6. The molecule has 206 valence electrons. The summed E-state index contributed by atoms with van der Waals surface area (Å²) in [6.45, 7) is 10.5. The predicted molar refractivity (Wildman–Crippen MR) is 157 cm³/mol. The van der Waals surface area contributed by atoms with Crippen molar-refractivity contribution in [3.63, 3.8) is 0 Å². The molecule has 0 saturated heterocycles. The third-order valence-corrected chi connectivity index (χ3v) is 13.3. The zero-order chi connectivity index (χ0) is 27.1. The van der Waals surface area contributed by atoms with E-state index in [-0.39, 0.29) is 5.41 Å². The first-order chi connectivity index (χ1) is 18.3. The Labute approximate surface area is 235 Å². The van der Waals surface area contributed by atoms with Gasteiger partial charge in [-0.2, -0.15) is 0 Å². The molecule has 0 radical (unpaired) electrons. The van der Waals surface area contributed by atoms with Gasteiger partial charge in [-0.3, -0.25) is 0 Å². The van der Waals surface area contributed by atoms with Gasteiger partial charge >= 0.3 is 5.97 Å². The second-order valence-electron chi connectivity index (χ2n) is 17.6. The second kappa shape index (κ2) is 7.21. The maximum absolute atomic E-state index is 12.8. The summed E-state index contributed by atoms with van der Waals surface area (Å²) in [5, 5.41) is 10.5. The second-order valence-corrected chi connectivity index (χ2v) is 17.6. The van der Waals surface area contributed by atoms with E-state index in [1.54, 1.807) is 0 Å². The Hall–Kier alpha value is -2.09. The summed E-state index contributed by atoms with van der Waals surface area (Å²) in [6.07, 6.45) is 16.2. The molecule has 8 aliphatic rings. The Balaban J connectivity index is 1.32. The molecule has 0 amide bonds. The smallest absolute Gasteiger partial charge is 0.335 e. The van der Waals surface area contributed by atoms with E-state index in [1.807, 2.05) is 12.1 Å². The van der Waals surface area contributed by atoms with Crippen LogP contribution >= 0.6 is 0 Å². The van der Waals surface area contributed by atoms with Crippen molar-refractivity contribution in [2.75, 3.05) is 0 Å². The molecule has 2 aromatic rings. The summed E-state index contributed by atoms with van der Waals surface area (Å²) in [5.41, 5.74) is 6.42. The molecule has 0 aromatic heterocycles. The molecule has 8 fully saturated rings. The van der Waals surface area contributed by atoms with Crippen LogP contribution in [0.15, 0.2) is 48.5 Å². The number of carboxylic acids is 1. The topological polar surface area (TPSA) is 37.3 Å². The third-order valence-electron chi connectivity index (χ3n) is 13.3. The molecule has 0 aliphatic heterocycles. The molecular formula is C37H46O2. The van der Waals surface area contributed by atoms with Gasteiger partial charge in [-0.05, 0) is 150 Å². The fraction of sp³-hybridized carbons (Fsp3) is 0.649. The van der Waals surface area contributed by atoms with Crippen LogP contribution in [0.3, 0.4) is 0 Å². The number of carboxylic acid groups (broad SMARTS) is 1. The summed E-state index contributed by atoms with van der Waals surface area (Å²) < 4.78 is 0. The summed E-state index contributed by atoms with van der Waals surface area (Å²) in [4.78, 5) is 12.8. The summed E-state index contributed by atoms with van der Waals surface area (Å²) >= 11 is 0. The SMILES string of the molecule is CC12CC3CC(C)(C1)CC(C14CC5(C)CC(C)(CC(c6cc(-c7ccccc7)ccc6C(=O)O)(C5)C1)C4)(C3)C2. The van der Waals surface area contributed by atoms with E-state index < -0.39 is 5.97 Å². The Bertz CT molecular complexity index is 1350. The number of benzene rings is 2. The summed E-state index contributed by atoms with van der Waals surface area (Å²) in [7, 11) is 0. The highest BCUT2D eigenvalue weighted by Gasteiger charge is 2.74. The van der Waals surface area contributed by atoms with Crippen LogP contribution in [-0.2, 0) is 5.41 Å². The highest BCUT2D eigenvalue weighted by Crippen LogP contribution is 2.83. The first kappa shape index (κ1) is 24.7. The Morgan fingerprint density at radius 2 is 1.23 bits per heavy atom. The zero-order valence-corrected chi connectivity index (χ0v) is 24.5. The quantitative estimate of drug-likeness (QED) is 0.434. The molecule has 8 bridgehead atoms. The number of rotatable bonds is 4.